The van der Waals surface area contributed by atoms with Crippen molar-refractivity contribution in [3.8, 4) is 0 Å². The Balaban J connectivity index is 1.99. The van der Waals surface area contributed by atoms with E-state index in [1.807, 2.05) is 0 Å². The molecule has 0 aromatic heterocycles. The Bertz CT molecular complexity index is 637. The van der Waals surface area contributed by atoms with Crippen molar-refractivity contribution in [2.45, 2.75) is 37.5 Å². The van der Waals surface area contributed by atoms with Crippen LogP contribution in [0.5, 0.6) is 0 Å². The number of hydrogen-bond donors (Lipinski definition) is 2. The maximum Gasteiger partial charge on any atom is 0.306 e. The van der Waals surface area contributed by atoms with Gasteiger partial charge in [-0.05, 0) is 37.8 Å². The van der Waals surface area contributed by atoms with Gasteiger partial charge in [-0.25, -0.2) is 17.5 Å². The van der Waals surface area contributed by atoms with Gasteiger partial charge < -0.3 is 5.11 Å². The van der Waals surface area contributed by atoms with Crippen molar-refractivity contribution in [3.05, 3.63) is 34.6 Å². The van der Waals surface area contributed by atoms with Gasteiger partial charge in [0.2, 0.25) is 10.0 Å². The van der Waals surface area contributed by atoms with E-state index < -0.39 is 33.5 Å². The first kappa shape index (κ1) is 17.2. The molecule has 1 fully saturated rings. The minimum atomic E-state index is -3.74. The van der Waals surface area contributed by atoms with Crippen molar-refractivity contribution in [3.63, 3.8) is 0 Å². The van der Waals surface area contributed by atoms with E-state index in [0.717, 1.165) is 6.07 Å². The first-order valence-electron chi connectivity index (χ1n) is 6.94. The lowest BCUT2D eigenvalue weighted by molar-refractivity contribution is -0.142. The molecule has 122 valence electrons. The fraction of sp³-hybridized carbons (Fsp3) is 0.500. The Hall–Kier alpha value is -1.18. The Morgan fingerprint density at radius 2 is 1.95 bits per heavy atom. The zero-order chi connectivity index (χ0) is 16.3. The number of benzene rings is 1. The highest BCUT2D eigenvalue weighted by molar-refractivity contribution is 7.88. The average molecular weight is 350 g/mol. The number of hydrogen-bond acceptors (Lipinski definition) is 3. The van der Waals surface area contributed by atoms with Gasteiger partial charge in [0.15, 0.2) is 0 Å². The van der Waals surface area contributed by atoms with E-state index in [-0.39, 0.29) is 16.6 Å². The van der Waals surface area contributed by atoms with Crippen LogP contribution < -0.4 is 4.72 Å². The van der Waals surface area contributed by atoms with Crippen molar-refractivity contribution < 1.29 is 22.7 Å². The van der Waals surface area contributed by atoms with Gasteiger partial charge in [0.1, 0.15) is 5.82 Å². The van der Waals surface area contributed by atoms with Crippen LogP contribution in [0.15, 0.2) is 18.2 Å². The van der Waals surface area contributed by atoms with Crippen LogP contribution in [-0.2, 0) is 20.6 Å². The number of aliphatic carboxylic acids is 1. The van der Waals surface area contributed by atoms with E-state index in [1.54, 1.807) is 0 Å². The van der Waals surface area contributed by atoms with Crippen LogP contribution in [0.25, 0.3) is 0 Å². The number of halogens is 2. The molecule has 0 amide bonds. The Kier molecular flexibility index (Phi) is 5.41. The molecule has 0 heterocycles. The van der Waals surface area contributed by atoms with Crippen molar-refractivity contribution in [2.75, 3.05) is 0 Å². The van der Waals surface area contributed by atoms with E-state index >= 15 is 0 Å². The third-order valence-electron chi connectivity index (χ3n) is 3.82. The van der Waals surface area contributed by atoms with E-state index in [0.29, 0.717) is 25.7 Å². The maximum atomic E-state index is 13.7. The van der Waals surface area contributed by atoms with Gasteiger partial charge in [0.05, 0.1) is 11.7 Å². The second kappa shape index (κ2) is 6.93. The predicted molar refractivity (Wildman–Crippen MR) is 80.6 cm³/mol. The number of nitrogens with one attached hydrogen (secondary N) is 1. The largest absolute Gasteiger partial charge is 0.481 e. The average Bonchev–Trinajstić information content (AvgIpc) is 2.43. The summed E-state index contributed by atoms with van der Waals surface area (Å²) in [7, 11) is -3.74. The summed E-state index contributed by atoms with van der Waals surface area (Å²) in [6.07, 6.45) is 1.79. The van der Waals surface area contributed by atoms with Gasteiger partial charge in [-0.2, -0.15) is 0 Å². The number of carboxylic acid groups (broad SMARTS) is 1. The molecule has 1 aromatic carbocycles. The van der Waals surface area contributed by atoms with E-state index in [4.69, 9.17) is 16.7 Å². The van der Waals surface area contributed by atoms with Crippen LogP contribution >= 0.6 is 11.6 Å². The number of rotatable bonds is 5. The van der Waals surface area contributed by atoms with Crippen LogP contribution in [0.4, 0.5) is 4.39 Å². The number of sulfonamides is 1. The molecular formula is C14H17ClFNO4S. The molecule has 0 aliphatic heterocycles. The van der Waals surface area contributed by atoms with E-state index in [2.05, 4.69) is 4.72 Å². The molecule has 22 heavy (non-hydrogen) atoms. The smallest absolute Gasteiger partial charge is 0.306 e. The first-order chi connectivity index (χ1) is 10.3. The van der Waals surface area contributed by atoms with Crippen LogP contribution in [0.2, 0.25) is 5.02 Å². The van der Waals surface area contributed by atoms with E-state index in [9.17, 15) is 17.6 Å². The SMILES string of the molecule is O=C(O)C1CCC(NS(=O)(=O)Cc2c(F)cccc2Cl)CC1. The lowest BCUT2D eigenvalue weighted by Crippen LogP contribution is -2.39. The van der Waals surface area contributed by atoms with Crippen molar-refractivity contribution >= 4 is 27.6 Å². The Labute approximate surface area is 133 Å². The molecule has 0 spiro atoms. The normalized spacial score (nSPS) is 22.5. The van der Waals surface area contributed by atoms with Gasteiger partial charge in [-0.15, -0.1) is 0 Å². The second-order valence-electron chi connectivity index (χ2n) is 5.46. The molecule has 1 aromatic rings. The molecule has 0 bridgehead atoms. The minimum Gasteiger partial charge on any atom is -0.481 e. The van der Waals surface area contributed by atoms with Crippen LogP contribution in [0.1, 0.15) is 31.2 Å². The fourth-order valence-corrected chi connectivity index (χ4v) is 4.42. The summed E-state index contributed by atoms with van der Waals surface area (Å²) in [6, 6.07) is 3.70. The summed E-state index contributed by atoms with van der Waals surface area (Å²) in [5, 5.41) is 8.99. The summed E-state index contributed by atoms with van der Waals surface area (Å²) < 4.78 is 40.4. The molecule has 0 radical (unpaired) electrons. The fourth-order valence-electron chi connectivity index (χ4n) is 2.61. The number of carboxylic acids is 1. The lowest BCUT2D eigenvalue weighted by Gasteiger charge is -2.26. The molecule has 8 heteroatoms. The van der Waals surface area contributed by atoms with Gasteiger partial charge in [0.25, 0.3) is 0 Å². The predicted octanol–water partition coefficient (Wildman–Crippen LogP) is 2.54. The zero-order valence-corrected chi connectivity index (χ0v) is 13.3. The molecule has 5 nitrogen and oxygen atoms in total. The summed E-state index contributed by atoms with van der Waals surface area (Å²) in [5.41, 5.74) is -0.0594. The summed E-state index contributed by atoms with van der Waals surface area (Å²) >= 11 is 5.83. The first-order valence-corrected chi connectivity index (χ1v) is 8.97. The van der Waals surface area contributed by atoms with Crippen LogP contribution in [-0.4, -0.2) is 25.5 Å². The third kappa shape index (κ3) is 4.41. The van der Waals surface area contributed by atoms with E-state index in [1.165, 1.54) is 12.1 Å². The molecular weight excluding hydrogens is 333 g/mol. The molecule has 1 saturated carbocycles. The summed E-state index contributed by atoms with van der Waals surface area (Å²) in [4.78, 5) is 10.9. The summed E-state index contributed by atoms with van der Waals surface area (Å²) in [6.45, 7) is 0. The van der Waals surface area contributed by atoms with Crippen molar-refractivity contribution in [1.29, 1.82) is 0 Å². The van der Waals surface area contributed by atoms with Gasteiger partial charge >= 0.3 is 5.97 Å². The van der Waals surface area contributed by atoms with Gasteiger partial charge in [0, 0.05) is 16.6 Å². The molecule has 1 aliphatic carbocycles. The highest BCUT2D eigenvalue weighted by atomic mass is 35.5. The lowest BCUT2D eigenvalue weighted by atomic mass is 9.87. The van der Waals surface area contributed by atoms with Gasteiger partial charge in [-0.1, -0.05) is 17.7 Å². The Morgan fingerprint density at radius 1 is 1.32 bits per heavy atom. The Morgan fingerprint density at radius 3 is 2.50 bits per heavy atom. The number of carbonyl (C=O) groups is 1. The third-order valence-corrected chi connectivity index (χ3v) is 5.53. The van der Waals surface area contributed by atoms with Crippen LogP contribution in [0.3, 0.4) is 0 Å². The molecule has 0 atom stereocenters. The standard InChI is InChI=1S/C14H17ClFNO4S/c15-12-2-1-3-13(16)11(12)8-22(20,21)17-10-6-4-9(5-7-10)14(18)19/h1-3,9-10,17H,4-8H2,(H,18,19). The highest BCUT2D eigenvalue weighted by Crippen LogP contribution is 2.26. The molecule has 2 N–H and O–H groups in total. The molecule has 0 saturated heterocycles. The quantitative estimate of drug-likeness (QED) is 0.855. The summed E-state index contributed by atoms with van der Waals surface area (Å²) in [5.74, 6) is -2.45. The second-order valence-corrected chi connectivity index (χ2v) is 7.63. The maximum absolute atomic E-state index is 13.7. The van der Waals surface area contributed by atoms with Crippen LogP contribution in [0, 0.1) is 11.7 Å². The molecule has 1 aliphatic rings. The van der Waals surface area contributed by atoms with Crippen molar-refractivity contribution in [1.82, 2.24) is 4.72 Å². The topological polar surface area (TPSA) is 83.5 Å². The minimum absolute atomic E-state index is 0.0594. The molecule has 0 unspecified atom stereocenters. The van der Waals surface area contributed by atoms with Crippen molar-refractivity contribution in [2.24, 2.45) is 5.92 Å². The molecule has 2 rings (SSSR count). The highest BCUT2D eigenvalue weighted by Gasteiger charge is 2.28. The van der Waals surface area contributed by atoms with Gasteiger partial charge in [-0.3, -0.25) is 4.79 Å². The zero-order valence-electron chi connectivity index (χ0n) is 11.8. The monoisotopic (exact) mass is 349 g/mol.